The third-order valence-corrected chi connectivity index (χ3v) is 3.30. The number of carbonyl (C=O) groups is 1. The first-order chi connectivity index (χ1) is 8.79. The van der Waals surface area contributed by atoms with Gasteiger partial charge in [0.1, 0.15) is 5.56 Å². The molecule has 0 radical (unpaired) electrons. The van der Waals surface area contributed by atoms with Crippen LogP contribution in [-0.2, 0) is 6.18 Å². The highest BCUT2D eigenvalue weighted by Crippen LogP contribution is 2.35. The van der Waals surface area contributed by atoms with Gasteiger partial charge in [0, 0.05) is 5.38 Å². The molecule has 2 N–H and O–H groups in total. The third-order valence-electron chi connectivity index (χ3n) is 2.33. The number of aromatic nitrogens is 1. The van der Waals surface area contributed by atoms with E-state index in [1.807, 2.05) is 0 Å². The van der Waals surface area contributed by atoms with Crippen molar-refractivity contribution >= 4 is 17.3 Å². The number of H-pyrrole nitrogens is 1. The molecule has 2 aromatic rings. The molecule has 0 fully saturated rings. The number of halogens is 3. The minimum Gasteiger partial charge on any atom is -0.477 e. The summed E-state index contributed by atoms with van der Waals surface area (Å²) < 4.78 is 37.3. The van der Waals surface area contributed by atoms with Gasteiger partial charge >= 0.3 is 12.1 Å². The number of alkyl halides is 3. The molecule has 0 bridgehead atoms. The molecule has 0 amide bonds. The Morgan fingerprint density at radius 3 is 2.47 bits per heavy atom. The minimum atomic E-state index is -4.45. The van der Waals surface area contributed by atoms with Gasteiger partial charge in [-0.3, -0.25) is 4.79 Å². The number of hydrogen-bond acceptors (Lipinski definition) is 3. The molecular weight excluding hydrogens is 283 g/mol. The van der Waals surface area contributed by atoms with Gasteiger partial charge in [0.05, 0.1) is 16.1 Å². The molecule has 0 atom stereocenters. The van der Waals surface area contributed by atoms with Crippen molar-refractivity contribution in [3.63, 3.8) is 0 Å². The smallest absolute Gasteiger partial charge is 0.417 e. The average Bonchev–Trinajstić information content (AvgIpc) is 2.76. The van der Waals surface area contributed by atoms with Crippen molar-refractivity contribution in [1.82, 2.24) is 4.98 Å². The predicted molar refractivity (Wildman–Crippen MR) is 62.3 cm³/mol. The molecule has 100 valence electrons. The minimum absolute atomic E-state index is 0.149. The SMILES string of the molecule is O=C(O)c1ccc(-c2cc(C(F)(F)F)cs2)[nH]c1=O. The van der Waals surface area contributed by atoms with Crippen LogP contribution in [0.2, 0.25) is 0 Å². The Morgan fingerprint density at radius 2 is 2.00 bits per heavy atom. The zero-order chi connectivity index (χ0) is 14.2. The summed E-state index contributed by atoms with van der Waals surface area (Å²) in [6.07, 6.45) is -4.45. The topological polar surface area (TPSA) is 70.2 Å². The standard InChI is InChI=1S/C11H6F3NO3S/c12-11(13,14)5-3-8(19-4-5)7-2-1-6(10(17)18)9(16)15-7/h1-4H,(H,15,16)(H,17,18). The number of pyridine rings is 1. The first-order valence-corrected chi connectivity index (χ1v) is 5.79. The van der Waals surface area contributed by atoms with E-state index in [9.17, 15) is 22.8 Å². The Morgan fingerprint density at radius 1 is 1.32 bits per heavy atom. The quantitative estimate of drug-likeness (QED) is 0.893. The van der Waals surface area contributed by atoms with Crippen LogP contribution < -0.4 is 5.56 Å². The number of carboxylic acids is 1. The van der Waals surface area contributed by atoms with Crippen LogP contribution in [0.3, 0.4) is 0 Å². The fourth-order valence-electron chi connectivity index (χ4n) is 1.41. The molecule has 2 aromatic heterocycles. The number of aromatic amines is 1. The molecule has 2 heterocycles. The number of rotatable bonds is 2. The molecule has 4 nitrogen and oxygen atoms in total. The Labute approximate surface area is 108 Å². The van der Waals surface area contributed by atoms with E-state index in [-0.39, 0.29) is 10.6 Å². The first kappa shape index (κ1) is 13.3. The van der Waals surface area contributed by atoms with Crippen molar-refractivity contribution in [3.05, 3.63) is 45.1 Å². The van der Waals surface area contributed by atoms with E-state index in [1.165, 1.54) is 6.07 Å². The van der Waals surface area contributed by atoms with Crippen LogP contribution in [0, 0.1) is 0 Å². The first-order valence-electron chi connectivity index (χ1n) is 4.92. The molecule has 8 heteroatoms. The molecule has 2 rings (SSSR count). The normalized spacial score (nSPS) is 11.5. The van der Waals surface area contributed by atoms with Crippen LogP contribution in [0.1, 0.15) is 15.9 Å². The summed E-state index contributed by atoms with van der Waals surface area (Å²) in [4.78, 5) is 24.5. The summed E-state index contributed by atoms with van der Waals surface area (Å²) in [7, 11) is 0. The highest BCUT2D eigenvalue weighted by atomic mass is 32.1. The van der Waals surface area contributed by atoms with E-state index in [0.717, 1.165) is 28.8 Å². The van der Waals surface area contributed by atoms with E-state index in [2.05, 4.69) is 4.98 Å². The van der Waals surface area contributed by atoms with Crippen molar-refractivity contribution < 1.29 is 23.1 Å². The summed E-state index contributed by atoms with van der Waals surface area (Å²) in [5, 5.41) is 9.60. The van der Waals surface area contributed by atoms with Gasteiger partial charge in [-0.25, -0.2) is 4.79 Å². The zero-order valence-electron chi connectivity index (χ0n) is 9.12. The number of carboxylic acid groups (broad SMARTS) is 1. The van der Waals surface area contributed by atoms with Crippen molar-refractivity contribution in [1.29, 1.82) is 0 Å². The molecule has 0 unspecified atom stereocenters. The second-order valence-corrected chi connectivity index (χ2v) is 4.53. The highest BCUT2D eigenvalue weighted by Gasteiger charge is 2.31. The largest absolute Gasteiger partial charge is 0.477 e. The lowest BCUT2D eigenvalue weighted by Crippen LogP contribution is -2.17. The van der Waals surface area contributed by atoms with Gasteiger partial charge in [-0.2, -0.15) is 13.2 Å². The fourth-order valence-corrected chi connectivity index (χ4v) is 2.31. The van der Waals surface area contributed by atoms with Gasteiger partial charge in [0.2, 0.25) is 0 Å². The summed E-state index contributed by atoms with van der Waals surface area (Å²) >= 11 is 0.815. The van der Waals surface area contributed by atoms with Crippen molar-refractivity contribution in [2.24, 2.45) is 0 Å². The van der Waals surface area contributed by atoms with Crippen molar-refractivity contribution in [2.75, 3.05) is 0 Å². The highest BCUT2D eigenvalue weighted by molar-refractivity contribution is 7.13. The Bertz CT molecular complexity index is 687. The van der Waals surface area contributed by atoms with E-state index in [0.29, 0.717) is 0 Å². The van der Waals surface area contributed by atoms with Crippen molar-refractivity contribution in [2.45, 2.75) is 6.18 Å². The van der Waals surface area contributed by atoms with Gasteiger partial charge in [0.25, 0.3) is 5.56 Å². The van der Waals surface area contributed by atoms with Crippen LogP contribution >= 0.6 is 11.3 Å². The third kappa shape index (κ3) is 2.68. The van der Waals surface area contributed by atoms with E-state index < -0.39 is 28.8 Å². The van der Waals surface area contributed by atoms with Gasteiger partial charge in [-0.05, 0) is 18.2 Å². The molecule has 0 aliphatic carbocycles. The number of aromatic carboxylic acids is 1. The lowest BCUT2D eigenvalue weighted by molar-refractivity contribution is -0.137. The molecule has 0 spiro atoms. The van der Waals surface area contributed by atoms with E-state index in [4.69, 9.17) is 5.11 Å². The maximum absolute atomic E-state index is 12.4. The lowest BCUT2D eigenvalue weighted by atomic mass is 10.2. The summed E-state index contributed by atoms with van der Waals surface area (Å²) in [6, 6.07) is 3.22. The maximum Gasteiger partial charge on any atom is 0.417 e. The lowest BCUT2D eigenvalue weighted by Gasteiger charge is -2.01. The summed E-state index contributed by atoms with van der Waals surface area (Å²) in [5.41, 5.74) is -1.98. The van der Waals surface area contributed by atoms with Crippen LogP contribution in [-0.4, -0.2) is 16.1 Å². The predicted octanol–water partition coefficient (Wildman–Crippen LogP) is 2.82. The van der Waals surface area contributed by atoms with Gasteiger partial charge in [-0.15, -0.1) is 11.3 Å². The Hall–Kier alpha value is -2.09. The molecule has 0 aromatic carbocycles. The van der Waals surface area contributed by atoms with Crippen LogP contribution in [0.15, 0.2) is 28.4 Å². The number of hydrogen-bond donors (Lipinski definition) is 2. The average molecular weight is 289 g/mol. The summed E-state index contributed by atoms with van der Waals surface area (Å²) in [6.45, 7) is 0. The van der Waals surface area contributed by atoms with E-state index >= 15 is 0 Å². The van der Waals surface area contributed by atoms with Gasteiger partial charge < -0.3 is 10.1 Å². The number of thiophene rings is 1. The molecule has 19 heavy (non-hydrogen) atoms. The summed E-state index contributed by atoms with van der Waals surface area (Å²) in [5.74, 6) is -1.39. The zero-order valence-corrected chi connectivity index (χ0v) is 9.93. The van der Waals surface area contributed by atoms with Crippen LogP contribution in [0.25, 0.3) is 10.6 Å². The second kappa shape index (κ2) is 4.54. The Balaban J connectivity index is 2.43. The molecule has 0 saturated heterocycles. The number of nitrogens with one attached hydrogen (secondary N) is 1. The molecular formula is C11H6F3NO3S. The Kier molecular flexibility index (Phi) is 3.19. The maximum atomic E-state index is 12.4. The fraction of sp³-hybridized carbons (Fsp3) is 0.0909. The second-order valence-electron chi connectivity index (χ2n) is 3.62. The monoisotopic (exact) mass is 289 g/mol. The van der Waals surface area contributed by atoms with Gasteiger partial charge in [-0.1, -0.05) is 0 Å². The van der Waals surface area contributed by atoms with E-state index in [1.54, 1.807) is 0 Å². The van der Waals surface area contributed by atoms with Gasteiger partial charge in [0.15, 0.2) is 0 Å². The molecule has 0 aliphatic rings. The van der Waals surface area contributed by atoms with Crippen molar-refractivity contribution in [3.8, 4) is 10.6 Å². The van der Waals surface area contributed by atoms with Crippen LogP contribution in [0.5, 0.6) is 0 Å². The van der Waals surface area contributed by atoms with Crippen LogP contribution in [0.4, 0.5) is 13.2 Å². The molecule has 0 aliphatic heterocycles. The molecule has 0 saturated carbocycles.